The molecule has 1 aliphatic carbocycles. The highest BCUT2D eigenvalue weighted by Crippen LogP contribution is 2.41. The minimum atomic E-state index is -1.29. The molecule has 0 fully saturated rings. The zero-order valence-electron chi connectivity index (χ0n) is 12.9. The lowest BCUT2D eigenvalue weighted by atomic mass is 9.71. The maximum Gasteiger partial charge on any atom is 0.336 e. The molecule has 5 nitrogen and oxygen atoms in total. The van der Waals surface area contributed by atoms with Crippen LogP contribution in [0.1, 0.15) is 20.8 Å². The van der Waals surface area contributed by atoms with Gasteiger partial charge in [0.1, 0.15) is 11.5 Å². The highest BCUT2D eigenvalue weighted by Gasteiger charge is 2.44. The molecule has 0 bridgehead atoms. The number of alkyl halides is 1. The summed E-state index contributed by atoms with van der Waals surface area (Å²) in [5.74, 6) is -1.39. The standard InChI is InChI=1S/C15H21ClO5/c1-14(2,3)10-7-15(8-16,13(19)21-5)6-9(11(10)17)12(18)20-4/h6-7,11,17H,8H2,1-5H3. The van der Waals surface area contributed by atoms with Crippen molar-refractivity contribution in [2.45, 2.75) is 26.9 Å². The Morgan fingerprint density at radius 3 is 2.24 bits per heavy atom. The van der Waals surface area contributed by atoms with Crippen molar-refractivity contribution >= 4 is 23.5 Å². The van der Waals surface area contributed by atoms with Crippen molar-refractivity contribution in [3.8, 4) is 0 Å². The quantitative estimate of drug-likeness (QED) is 0.488. The molecule has 0 radical (unpaired) electrons. The molecule has 1 rings (SSSR count). The van der Waals surface area contributed by atoms with Gasteiger partial charge in [0, 0.05) is 5.88 Å². The third-order valence-electron chi connectivity index (χ3n) is 3.49. The van der Waals surface area contributed by atoms with E-state index in [4.69, 9.17) is 16.3 Å². The molecular formula is C15H21ClO5. The molecule has 2 atom stereocenters. The second-order valence-electron chi connectivity index (χ2n) is 6.01. The van der Waals surface area contributed by atoms with Crippen LogP contribution in [-0.4, -0.2) is 43.2 Å². The maximum absolute atomic E-state index is 12.1. The Kier molecular flexibility index (Phi) is 5.23. The monoisotopic (exact) mass is 316 g/mol. The fourth-order valence-corrected chi connectivity index (χ4v) is 2.54. The minimum Gasteiger partial charge on any atom is -0.468 e. The highest BCUT2D eigenvalue weighted by molar-refractivity contribution is 6.20. The summed E-state index contributed by atoms with van der Waals surface area (Å²) in [4.78, 5) is 24.0. The van der Waals surface area contributed by atoms with Crippen LogP contribution in [0.15, 0.2) is 23.3 Å². The summed E-state index contributed by atoms with van der Waals surface area (Å²) in [6.45, 7) is 5.62. The van der Waals surface area contributed by atoms with Gasteiger partial charge in [0.15, 0.2) is 0 Å². The molecule has 0 aliphatic heterocycles. The molecule has 0 aromatic heterocycles. The van der Waals surface area contributed by atoms with Crippen molar-refractivity contribution in [3.63, 3.8) is 0 Å². The van der Waals surface area contributed by atoms with E-state index >= 15 is 0 Å². The van der Waals surface area contributed by atoms with E-state index in [0.29, 0.717) is 5.57 Å². The molecule has 0 amide bonds. The zero-order valence-corrected chi connectivity index (χ0v) is 13.7. The number of rotatable bonds is 3. The average Bonchev–Trinajstić information content (AvgIpc) is 2.44. The van der Waals surface area contributed by atoms with E-state index in [1.165, 1.54) is 20.3 Å². The number of carbonyl (C=O) groups excluding carboxylic acids is 2. The van der Waals surface area contributed by atoms with Gasteiger partial charge in [-0.3, -0.25) is 4.79 Å². The van der Waals surface area contributed by atoms with Crippen LogP contribution >= 0.6 is 11.6 Å². The van der Waals surface area contributed by atoms with Gasteiger partial charge in [-0.1, -0.05) is 26.8 Å². The molecule has 2 unspecified atom stereocenters. The first-order chi connectivity index (χ1) is 9.62. The van der Waals surface area contributed by atoms with Gasteiger partial charge >= 0.3 is 11.9 Å². The normalized spacial score (nSPS) is 25.8. The molecule has 1 N–H and O–H groups in total. The first kappa shape index (κ1) is 17.7. The predicted molar refractivity (Wildman–Crippen MR) is 78.8 cm³/mol. The largest absolute Gasteiger partial charge is 0.468 e. The van der Waals surface area contributed by atoms with E-state index in [2.05, 4.69) is 4.74 Å². The van der Waals surface area contributed by atoms with Crippen LogP contribution in [0.5, 0.6) is 0 Å². The van der Waals surface area contributed by atoms with Crippen molar-refractivity contribution < 1.29 is 24.2 Å². The molecule has 0 heterocycles. The molecule has 21 heavy (non-hydrogen) atoms. The summed E-state index contributed by atoms with van der Waals surface area (Å²) in [5.41, 5.74) is -1.23. The summed E-state index contributed by atoms with van der Waals surface area (Å²) in [7, 11) is 2.46. The summed E-state index contributed by atoms with van der Waals surface area (Å²) in [6, 6.07) is 0. The van der Waals surface area contributed by atoms with Crippen LogP contribution in [0.25, 0.3) is 0 Å². The summed E-state index contributed by atoms with van der Waals surface area (Å²) < 4.78 is 9.48. The fourth-order valence-electron chi connectivity index (χ4n) is 2.28. The second kappa shape index (κ2) is 6.20. The van der Waals surface area contributed by atoms with Crippen LogP contribution in [0, 0.1) is 10.8 Å². The lowest BCUT2D eigenvalue weighted by molar-refractivity contribution is -0.146. The molecule has 118 valence electrons. The smallest absolute Gasteiger partial charge is 0.336 e. The average molecular weight is 317 g/mol. The SMILES string of the molecule is COC(=O)C1=CC(CCl)(C(=O)OC)C=C(C(C)(C)C)C1O. The molecule has 0 aromatic carbocycles. The third-order valence-corrected chi connectivity index (χ3v) is 3.93. The van der Waals surface area contributed by atoms with Gasteiger partial charge < -0.3 is 14.6 Å². The number of aliphatic hydroxyl groups is 1. The van der Waals surface area contributed by atoms with Gasteiger partial charge in [-0.05, 0) is 17.1 Å². The van der Waals surface area contributed by atoms with Crippen LogP contribution in [0.4, 0.5) is 0 Å². The zero-order chi connectivity index (χ0) is 16.4. The van der Waals surface area contributed by atoms with Crippen molar-refractivity contribution in [2.75, 3.05) is 20.1 Å². The number of ether oxygens (including phenoxy) is 2. The lowest BCUT2D eigenvalue weighted by Crippen LogP contribution is -2.40. The number of esters is 2. The predicted octanol–water partition coefficient (Wildman–Crippen LogP) is 1.83. The van der Waals surface area contributed by atoms with Gasteiger partial charge in [0.25, 0.3) is 0 Å². The van der Waals surface area contributed by atoms with Gasteiger partial charge in [-0.25, -0.2) is 4.79 Å². The van der Waals surface area contributed by atoms with Crippen molar-refractivity contribution in [1.29, 1.82) is 0 Å². The van der Waals surface area contributed by atoms with E-state index in [0.717, 1.165) is 0 Å². The van der Waals surface area contributed by atoms with E-state index in [9.17, 15) is 14.7 Å². The topological polar surface area (TPSA) is 72.8 Å². The third kappa shape index (κ3) is 3.30. The number of hydrogen-bond acceptors (Lipinski definition) is 5. The fraction of sp³-hybridized carbons (Fsp3) is 0.600. The van der Waals surface area contributed by atoms with Crippen LogP contribution in [0.2, 0.25) is 0 Å². The molecule has 6 heteroatoms. The first-order valence-electron chi connectivity index (χ1n) is 6.49. The van der Waals surface area contributed by atoms with Crippen molar-refractivity contribution in [2.24, 2.45) is 10.8 Å². The van der Waals surface area contributed by atoms with Crippen LogP contribution in [-0.2, 0) is 19.1 Å². The van der Waals surface area contributed by atoms with Gasteiger partial charge in [0.2, 0.25) is 0 Å². The summed E-state index contributed by atoms with van der Waals surface area (Å²) in [5, 5.41) is 10.4. The summed E-state index contributed by atoms with van der Waals surface area (Å²) >= 11 is 5.96. The van der Waals surface area contributed by atoms with Crippen molar-refractivity contribution in [1.82, 2.24) is 0 Å². The van der Waals surface area contributed by atoms with Crippen LogP contribution in [0.3, 0.4) is 0 Å². The van der Waals surface area contributed by atoms with Gasteiger partial charge in [-0.2, -0.15) is 0 Å². The maximum atomic E-state index is 12.1. The van der Waals surface area contributed by atoms with Gasteiger partial charge in [0.05, 0.1) is 19.8 Å². The number of aliphatic hydroxyl groups excluding tert-OH is 1. The number of methoxy groups -OCH3 is 2. The molecule has 0 saturated carbocycles. The number of carbonyl (C=O) groups is 2. The highest BCUT2D eigenvalue weighted by atomic mass is 35.5. The van der Waals surface area contributed by atoms with E-state index in [1.54, 1.807) is 6.08 Å². The van der Waals surface area contributed by atoms with Crippen LogP contribution < -0.4 is 0 Å². The summed E-state index contributed by atoms with van der Waals surface area (Å²) in [6.07, 6.45) is 1.78. The Balaban J connectivity index is 3.53. The van der Waals surface area contributed by atoms with Crippen molar-refractivity contribution in [3.05, 3.63) is 23.3 Å². The van der Waals surface area contributed by atoms with E-state index in [-0.39, 0.29) is 11.5 Å². The first-order valence-corrected chi connectivity index (χ1v) is 7.03. The Bertz CT molecular complexity index is 501. The molecular weight excluding hydrogens is 296 g/mol. The second-order valence-corrected chi connectivity index (χ2v) is 6.28. The minimum absolute atomic E-state index is 0.00373. The Morgan fingerprint density at radius 1 is 1.29 bits per heavy atom. The molecule has 1 aliphatic rings. The Morgan fingerprint density at radius 2 is 1.86 bits per heavy atom. The number of hydrogen-bond donors (Lipinski definition) is 1. The Hall–Kier alpha value is -1.33. The lowest BCUT2D eigenvalue weighted by Gasteiger charge is -2.36. The molecule has 0 aromatic rings. The number of halogens is 1. The van der Waals surface area contributed by atoms with Gasteiger partial charge in [-0.15, -0.1) is 11.6 Å². The Labute approximate surface area is 129 Å². The molecule has 0 spiro atoms. The van der Waals surface area contributed by atoms with E-state index < -0.39 is 28.9 Å². The van der Waals surface area contributed by atoms with E-state index in [1.807, 2.05) is 20.8 Å². The molecule has 0 saturated heterocycles.